The van der Waals surface area contributed by atoms with Gasteiger partial charge in [0, 0.05) is 37.9 Å². The van der Waals surface area contributed by atoms with Crippen LogP contribution in [0, 0.1) is 18.8 Å². The maximum Gasteiger partial charge on any atom is 0.222 e. The van der Waals surface area contributed by atoms with Crippen molar-refractivity contribution in [1.29, 1.82) is 0 Å². The maximum atomic E-state index is 11.7. The molecule has 23 heavy (non-hydrogen) atoms. The molecule has 2 rings (SSSR count). The number of rotatable bonds is 8. The minimum absolute atomic E-state index is 0.0846. The van der Waals surface area contributed by atoms with Crippen LogP contribution in [0.4, 0.5) is 0 Å². The number of aromatic nitrogens is 2. The first-order valence-corrected chi connectivity index (χ1v) is 9.04. The van der Waals surface area contributed by atoms with E-state index in [-0.39, 0.29) is 11.8 Å². The van der Waals surface area contributed by atoms with Crippen molar-refractivity contribution in [2.75, 3.05) is 26.2 Å². The number of piperidine rings is 1. The van der Waals surface area contributed by atoms with Gasteiger partial charge in [-0.25, -0.2) is 4.98 Å². The van der Waals surface area contributed by atoms with Gasteiger partial charge in [0.2, 0.25) is 5.91 Å². The Labute approximate surface area is 140 Å². The maximum absolute atomic E-state index is 11.7. The van der Waals surface area contributed by atoms with Gasteiger partial charge in [0.25, 0.3) is 0 Å². The van der Waals surface area contributed by atoms with E-state index in [1.807, 2.05) is 20.0 Å². The van der Waals surface area contributed by atoms with Crippen molar-refractivity contribution in [2.45, 2.75) is 53.0 Å². The monoisotopic (exact) mass is 320 g/mol. The van der Waals surface area contributed by atoms with Gasteiger partial charge in [-0.3, -0.25) is 4.79 Å². The summed E-state index contributed by atoms with van der Waals surface area (Å²) in [6, 6.07) is 0. The van der Waals surface area contributed by atoms with Gasteiger partial charge >= 0.3 is 0 Å². The summed E-state index contributed by atoms with van der Waals surface area (Å²) in [5.41, 5.74) is 0. The minimum Gasteiger partial charge on any atom is -0.356 e. The van der Waals surface area contributed by atoms with Gasteiger partial charge in [-0.15, -0.1) is 0 Å². The molecular weight excluding hydrogens is 288 g/mol. The van der Waals surface area contributed by atoms with Crippen LogP contribution in [0.1, 0.15) is 45.4 Å². The van der Waals surface area contributed by atoms with E-state index in [1.165, 1.54) is 38.8 Å². The summed E-state index contributed by atoms with van der Waals surface area (Å²) in [6.07, 6.45) is 8.84. The summed E-state index contributed by atoms with van der Waals surface area (Å²) in [5.74, 6) is 1.98. The van der Waals surface area contributed by atoms with E-state index in [4.69, 9.17) is 0 Å². The summed E-state index contributed by atoms with van der Waals surface area (Å²) < 4.78 is 2.22. The van der Waals surface area contributed by atoms with Crippen LogP contribution < -0.4 is 5.32 Å². The summed E-state index contributed by atoms with van der Waals surface area (Å²) >= 11 is 0. The zero-order valence-corrected chi connectivity index (χ0v) is 14.9. The molecule has 1 aliphatic heterocycles. The van der Waals surface area contributed by atoms with E-state index < -0.39 is 0 Å². The average Bonchev–Trinajstić information content (AvgIpc) is 2.94. The molecule has 0 bridgehead atoms. The van der Waals surface area contributed by atoms with Crippen molar-refractivity contribution < 1.29 is 4.79 Å². The van der Waals surface area contributed by atoms with Gasteiger partial charge < -0.3 is 14.8 Å². The van der Waals surface area contributed by atoms with Crippen LogP contribution in [0.25, 0.3) is 0 Å². The van der Waals surface area contributed by atoms with E-state index in [0.717, 1.165) is 25.5 Å². The lowest BCUT2D eigenvalue weighted by Crippen LogP contribution is -2.42. The van der Waals surface area contributed by atoms with Crippen LogP contribution in [-0.2, 0) is 11.3 Å². The molecule has 1 atom stereocenters. The minimum atomic E-state index is 0.0846. The summed E-state index contributed by atoms with van der Waals surface area (Å²) in [4.78, 5) is 18.5. The van der Waals surface area contributed by atoms with E-state index in [2.05, 4.69) is 32.9 Å². The quantitative estimate of drug-likeness (QED) is 0.749. The Morgan fingerprint density at radius 1 is 1.39 bits per heavy atom. The van der Waals surface area contributed by atoms with E-state index in [9.17, 15) is 4.79 Å². The zero-order chi connectivity index (χ0) is 16.7. The molecule has 1 fully saturated rings. The van der Waals surface area contributed by atoms with Crippen LogP contribution in [0.5, 0.6) is 0 Å². The third kappa shape index (κ3) is 5.98. The number of carbonyl (C=O) groups is 1. The Morgan fingerprint density at radius 2 is 2.17 bits per heavy atom. The highest BCUT2D eigenvalue weighted by atomic mass is 16.1. The van der Waals surface area contributed by atoms with Crippen LogP contribution in [0.3, 0.4) is 0 Å². The molecule has 130 valence electrons. The lowest BCUT2D eigenvalue weighted by atomic mass is 9.97. The van der Waals surface area contributed by atoms with Crippen LogP contribution in [-0.4, -0.2) is 46.5 Å². The molecular formula is C18H32N4O. The molecule has 0 aromatic carbocycles. The second kappa shape index (κ2) is 9.06. The Balaban J connectivity index is 1.62. The molecule has 1 saturated heterocycles. The lowest BCUT2D eigenvalue weighted by Gasteiger charge is -2.33. The fourth-order valence-corrected chi connectivity index (χ4v) is 3.23. The van der Waals surface area contributed by atoms with Crippen molar-refractivity contribution in [2.24, 2.45) is 11.8 Å². The highest BCUT2D eigenvalue weighted by Crippen LogP contribution is 2.16. The molecule has 0 spiro atoms. The third-order valence-corrected chi connectivity index (χ3v) is 4.74. The molecule has 0 saturated carbocycles. The molecule has 1 N–H and O–H groups in total. The molecule has 5 nitrogen and oxygen atoms in total. The molecule has 1 aromatic heterocycles. The molecule has 2 heterocycles. The number of nitrogens with zero attached hydrogens (tertiary/aromatic N) is 3. The third-order valence-electron chi connectivity index (χ3n) is 4.74. The SMILES string of the molecule is Cc1nccn1CCCCN1CCCC(CNC(=O)C(C)C)C1. The molecule has 0 radical (unpaired) electrons. The topological polar surface area (TPSA) is 50.2 Å². The number of imidazole rings is 1. The molecule has 1 amide bonds. The Bertz CT molecular complexity index is 483. The summed E-state index contributed by atoms with van der Waals surface area (Å²) in [7, 11) is 0. The summed E-state index contributed by atoms with van der Waals surface area (Å²) in [6.45, 7) is 11.4. The van der Waals surface area contributed by atoms with Crippen LogP contribution in [0.15, 0.2) is 12.4 Å². The number of aryl methyl sites for hydroxylation is 2. The second-order valence-corrected chi connectivity index (χ2v) is 7.08. The van der Waals surface area contributed by atoms with E-state index in [1.54, 1.807) is 0 Å². The highest BCUT2D eigenvalue weighted by molar-refractivity contribution is 5.77. The second-order valence-electron chi connectivity index (χ2n) is 7.08. The number of hydrogen-bond acceptors (Lipinski definition) is 3. The molecule has 1 aliphatic rings. The van der Waals surface area contributed by atoms with E-state index >= 15 is 0 Å². The first-order valence-electron chi connectivity index (χ1n) is 9.04. The van der Waals surface area contributed by atoms with Crippen molar-refractivity contribution in [3.05, 3.63) is 18.2 Å². The largest absolute Gasteiger partial charge is 0.356 e. The zero-order valence-electron chi connectivity index (χ0n) is 14.9. The molecule has 1 aromatic rings. The van der Waals surface area contributed by atoms with Crippen LogP contribution >= 0.6 is 0 Å². The number of likely N-dealkylation sites (tertiary alicyclic amines) is 1. The number of carbonyl (C=O) groups excluding carboxylic acids is 1. The number of amides is 1. The predicted molar refractivity (Wildman–Crippen MR) is 93.2 cm³/mol. The number of hydrogen-bond donors (Lipinski definition) is 1. The first kappa shape index (κ1) is 18.0. The molecule has 5 heteroatoms. The predicted octanol–water partition coefficient (Wildman–Crippen LogP) is 2.46. The van der Waals surface area contributed by atoms with Gasteiger partial charge in [0.15, 0.2) is 0 Å². The van der Waals surface area contributed by atoms with E-state index in [0.29, 0.717) is 5.92 Å². The van der Waals surface area contributed by atoms with Gasteiger partial charge in [0.05, 0.1) is 0 Å². The molecule has 0 aliphatic carbocycles. The van der Waals surface area contributed by atoms with Crippen LogP contribution in [0.2, 0.25) is 0 Å². The van der Waals surface area contributed by atoms with Crippen molar-refractivity contribution in [1.82, 2.24) is 19.8 Å². The van der Waals surface area contributed by atoms with Gasteiger partial charge in [-0.2, -0.15) is 0 Å². The van der Waals surface area contributed by atoms with Crippen molar-refractivity contribution in [3.8, 4) is 0 Å². The van der Waals surface area contributed by atoms with Crippen molar-refractivity contribution in [3.63, 3.8) is 0 Å². The average molecular weight is 320 g/mol. The highest BCUT2D eigenvalue weighted by Gasteiger charge is 2.20. The van der Waals surface area contributed by atoms with Gasteiger partial charge in [0.1, 0.15) is 5.82 Å². The Morgan fingerprint density at radius 3 is 2.87 bits per heavy atom. The van der Waals surface area contributed by atoms with Crippen molar-refractivity contribution >= 4 is 5.91 Å². The fourth-order valence-electron chi connectivity index (χ4n) is 3.23. The lowest BCUT2D eigenvalue weighted by molar-refractivity contribution is -0.124. The molecule has 1 unspecified atom stereocenters. The number of unbranched alkanes of at least 4 members (excludes halogenated alkanes) is 1. The normalized spacial score (nSPS) is 19.2. The Hall–Kier alpha value is -1.36. The standard InChI is InChI=1S/C18H32N4O/c1-15(2)18(23)20-13-17-7-6-10-21(14-17)9-4-5-11-22-12-8-19-16(22)3/h8,12,15,17H,4-7,9-11,13-14H2,1-3H3,(H,20,23). The number of nitrogens with one attached hydrogen (secondary N) is 1. The fraction of sp³-hybridized carbons (Fsp3) is 0.778. The van der Waals surface area contributed by atoms with Gasteiger partial charge in [-0.05, 0) is 51.6 Å². The smallest absolute Gasteiger partial charge is 0.222 e. The summed E-state index contributed by atoms with van der Waals surface area (Å²) in [5, 5.41) is 3.09. The first-order chi connectivity index (χ1) is 11.1. The Kier molecular flexibility index (Phi) is 7.09. The van der Waals surface area contributed by atoms with Gasteiger partial charge in [-0.1, -0.05) is 13.8 Å².